The Hall–Kier alpha value is -5.06. The molecular weight excluding hydrogens is 528 g/mol. The topological polar surface area (TPSA) is 157 Å². The number of nitrogens with zero attached hydrogens (tertiary/aromatic N) is 1. The van der Waals surface area contributed by atoms with Crippen molar-refractivity contribution >= 4 is 51.1 Å². The largest absolute Gasteiger partial charge is 0.466 e. The zero-order valence-electron chi connectivity index (χ0n) is 22.9. The van der Waals surface area contributed by atoms with Crippen molar-refractivity contribution in [2.24, 2.45) is 0 Å². The fraction of sp³-hybridized carbons (Fsp3) is 0.267. The summed E-state index contributed by atoms with van der Waals surface area (Å²) in [6, 6.07) is 13.8. The van der Waals surface area contributed by atoms with E-state index in [0.29, 0.717) is 33.4 Å². The molecule has 0 bridgehead atoms. The minimum atomic E-state index is -1.03. The lowest BCUT2D eigenvalue weighted by molar-refractivity contribution is -0.146. The van der Waals surface area contributed by atoms with Crippen LogP contribution < -0.4 is 16.2 Å². The van der Waals surface area contributed by atoms with Crippen LogP contribution in [0.4, 0.5) is 5.69 Å². The van der Waals surface area contributed by atoms with Crippen LogP contribution in [0.25, 0.3) is 21.7 Å². The number of hydrogen-bond acceptors (Lipinski definition) is 8. The van der Waals surface area contributed by atoms with Gasteiger partial charge in [0.15, 0.2) is 0 Å². The molecule has 0 aliphatic rings. The number of carbonyl (C=O) groups is 4. The van der Waals surface area contributed by atoms with Crippen molar-refractivity contribution in [2.45, 2.75) is 39.7 Å². The summed E-state index contributed by atoms with van der Waals surface area (Å²) in [5.41, 5.74) is 1.27. The Labute approximate surface area is 235 Å². The van der Waals surface area contributed by atoms with Crippen molar-refractivity contribution in [1.82, 2.24) is 15.3 Å². The summed E-state index contributed by atoms with van der Waals surface area (Å²) in [5, 5.41) is 7.19. The van der Waals surface area contributed by atoms with E-state index in [1.807, 2.05) is 6.07 Å². The molecule has 212 valence electrons. The highest BCUT2D eigenvalue weighted by Gasteiger charge is 2.24. The van der Waals surface area contributed by atoms with Gasteiger partial charge >= 0.3 is 11.9 Å². The molecule has 0 aliphatic carbocycles. The van der Waals surface area contributed by atoms with Gasteiger partial charge in [0.05, 0.1) is 24.1 Å². The SMILES string of the molecule is CCOC(=O)CC[C@H](NC(=O)c1ccc(NC(=O)c2ccc3ccc4nc(C)[nH]c(=O)c4c3c2)cc1)C(=O)OCC. The Morgan fingerprint density at radius 3 is 2.29 bits per heavy atom. The molecule has 3 N–H and O–H groups in total. The van der Waals surface area contributed by atoms with Gasteiger partial charge < -0.3 is 25.1 Å². The molecular formula is C30H30N4O7. The Morgan fingerprint density at radius 1 is 0.902 bits per heavy atom. The van der Waals surface area contributed by atoms with E-state index < -0.39 is 29.8 Å². The van der Waals surface area contributed by atoms with Crippen molar-refractivity contribution in [3.05, 3.63) is 81.9 Å². The van der Waals surface area contributed by atoms with Gasteiger partial charge in [0.25, 0.3) is 17.4 Å². The van der Waals surface area contributed by atoms with Crippen molar-refractivity contribution in [2.75, 3.05) is 18.5 Å². The first-order valence-electron chi connectivity index (χ1n) is 13.2. The molecule has 0 saturated heterocycles. The van der Waals surface area contributed by atoms with E-state index in [1.165, 1.54) is 12.1 Å². The summed E-state index contributed by atoms with van der Waals surface area (Å²) in [7, 11) is 0. The Morgan fingerprint density at radius 2 is 1.59 bits per heavy atom. The second-order valence-corrected chi connectivity index (χ2v) is 9.20. The maximum Gasteiger partial charge on any atom is 0.328 e. The average Bonchev–Trinajstić information content (AvgIpc) is 2.95. The monoisotopic (exact) mass is 558 g/mol. The summed E-state index contributed by atoms with van der Waals surface area (Å²) in [4.78, 5) is 69.6. The lowest BCUT2D eigenvalue weighted by Crippen LogP contribution is -2.42. The van der Waals surface area contributed by atoms with Gasteiger partial charge in [-0.2, -0.15) is 0 Å². The molecule has 41 heavy (non-hydrogen) atoms. The molecule has 4 aromatic rings. The number of amides is 2. The Bertz CT molecular complexity index is 1680. The second-order valence-electron chi connectivity index (χ2n) is 9.20. The molecule has 0 unspecified atom stereocenters. The Balaban J connectivity index is 1.47. The van der Waals surface area contributed by atoms with E-state index in [2.05, 4.69) is 20.6 Å². The van der Waals surface area contributed by atoms with Crippen LogP contribution in [0.1, 0.15) is 53.2 Å². The van der Waals surface area contributed by atoms with E-state index in [-0.39, 0.29) is 37.2 Å². The van der Waals surface area contributed by atoms with Gasteiger partial charge in [0.2, 0.25) is 0 Å². The molecule has 11 nitrogen and oxygen atoms in total. The predicted molar refractivity (Wildman–Crippen MR) is 153 cm³/mol. The number of aromatic nitrogens is 2. The van der Waals surface area contributed by atoms with E-state index in [9.17, 15) is 24.0 Å². The van der Waals surface area contributed by atoms with Crippen LogP contribution in [0.5, 0.6) is 0 Å². The second kappa shape index (κ2) is 12.9. The van der Waals surface area contributed by atoms with Crippen LogP contribution in [0, 0.1) is 6.92 Å². The highest BCUT2D eigenvalue weighted by atomic mass is 16.5. The highest BCUT2D eigenvalue weighted by molar-refractivity contribution is 6.11. The maximum atomic E-state index is 13.0. The normalized spacial score (nSPS) is 11.6. The molecule has 3 aromatic carbocycles. The lowest BCUT2D eigenvalue weighted by Gasteiger charge is -2.17. The number of anilines is 1. The molecule has 0 radical (unpaired) electrons. The summed E-state index contributed by atoms with van der Waals surface area (Å²) in [6.45, 7) is 5.37. The molecule has 0 saturated carbocycles. The summed E-state index contributed by atoms with van der Waals surface area (Å²) >= 11 is 0. The molecule has 11 heteroatoms. The van der Waals surface area contributed by atoms with Crippen LogP contribution in [0.15, 0.2) is 59.4 Å². The first-order chi connectivity index (χ1) is 19.7. The van der Waals surface area contributed by atoms with Crippen molar-refractivity contribution in [1.29, 1.82) is 0 Å². The minimum absolute atomic E-state index is 0.0279. The number of carbonyl (C=O) groups excluding carboxylic acids is 4. The maximum absolute atomic E-state index is 13.0. The van der Waals surface area contributed by atoms with E-state index in [0.717, 1.165) is 5.39 Å². The molecule has 0 fully saturated rings. The molecule has 1 heterocycles. The third-order valence-electron chi connectivity index (χ3n) is 6.30. The summed E-state index contributed by atoms with van der Waals surface area (Å²) in [6.07, 6.45) is -0.0300. The van der Waals surface area contributed by atoms with Crippen molar-refractivity contribution in [3.63, 3.8) is 0 Å². The number of aryl methyl sites for hydroxylation is 1. The zero-order valence-corrected chi connectivity index (χ0v) is 22.9. The number of nitrogens with one attached hydrogen (secondary N) is 3. The number of hydrogen-bond donors (Lipinski definition) is 3. The van der Waals surface area contributed by atoms with Gasteiger partial charge in [-0.1, -0.05) is 12.1 Å². The van der Waals surface area contributed by atoms with E-state index in [1.54, 1.807) is 57.2 Å². The number of ether oxygens (including phenoxy) is 2. The van der Waals surface area contributed by atoms with Crippen molar-refractivity contribution in [3.8, 4) is 0 Å². The van der Waals surface area contributed by atoms with Gasteiger partial charge in [-0.05, 0) is 80.4 Å². The first-order valence-corrected chi connectivity index (χ1v) is 13.2. The smallest absolute Gasteiger partial charge is 0.328 e. The molecule has 1 atom stereocenters. The quantitative estimate of drug-likeness (QED) is 0.197. The van der Waals surface area contributed by atoms with Crippen molar-refractivity contribution < 1.29 is 28.7 Å². The molecule has 0 aliphatic heterocycles. The number of esters is 2. The van der Waals surface area contributed by atoms with Gasteiger partial charge in [-0.15, -0.1) is 0 Å². The molecule has 2 amide bonds. The number of fused-ring (bicyclic) bond motifs is 3. The summed E-state index contributed by atoms with van der Waals surface area (Å²) in [5.74, 6) is -1.57. The minimum Gasteiger partial charge on any atom is -0.466 e. The van der Waals surface area contributed by atoms with Crippen LogP contribution in [0.2, 0.25) is 0 Å². The van der Waals surface area contributed by atoms with E-state index >= 15 is 0 Å². The third kappa shape index (κ3) is 6.93. The van der Waals surface area contributed by atoms with Gasteiger partial charge in [-0.25, -0.2) is 9.78 Å². The molecule has 1 aromatic heterocycles. The fourth-order valence-corrected chi connectivity index (χ4v) is 4.35. The van der Waals surface area contributed by atoms with Gasteiger partial charge in [0.1, 0.15) is 11.9 Å². The molecule has 0 spiro atoms. The lowest BCUT2D eigenvalue weighted by atomic mass is 10.0. The van der Waals surface area contributed by atoms with Gasteiger partial charge in [-0.3, -0.25) is 19.2 Å². The van der Waals surface area contributed by atoms with Crippen LogP contribution in [-0.4, -0.2) is 53.0 Å². The number of aromatic amines is 1. The van der Waals surface area contributed by atoms with E-state index in [4.69, 9.17) is 9.47 Å². The predicted octanol–water partition coefficient (Wildman–Crippen LogP) is 3.64. The number of H-pyrrole nitrogens is 1. The van der Waals surface area contributed by atoms with Gasteiger partial charge in [0, 0.05) is 23.2 Å². The number of benzene rings is 3. The Kier molecular flexibility index (Phi) is 9.08. The molecule has 4 rings (SSSR count). The fourth-order valence-electron chi connectivity index (χ4n) is 4.35. The standard InChI is InChI=1S/C30H30N4O7/c1-4-40-25(35)15-14-24(30(39)41-5-2)34-27(36)19-8-11-21(12-9-19)33-28(37)20-7-6-18-10-13-23-26(22(18)16-20)29(38)32-17(3)31-23/h6-13,16,24H,4-5,14-15H2,1-3H3,(H,33,37)(H,34,36)(H,31,32,38)/t24-/m0/s1. The number of rotatable bonds is 10. The average molecular weight is 559 g/mol. The van der Waals surface area contributed by atoms with Crippen LogP contribution in [0.3, 0.4) is 0 Å². The summed E-state index contributed by atoms with van der Waals surface area (Å²) < 4.78 is 9.92. The highest BCUT2D eigenvalue weighted by Crippen LogP contribution is 2.23. The van der Waals surface area contributed by atoms with Crippen LogP contribution >= 0.6 is 0 Å². The first kappa shape index (κ1) is 28.9. The zero-order chi connectivity index (χ0) is 29.5. The van der Waals surface area contributed by atoms with Crippen LogP contribution in [-0.2, 0) is 19.1 Å². The third-order valence-corrected chi connectivity index (χ3v) is 6.30.